The van der Waals surface area contributed by atoms with Crippen molar-refractivity contribution >= 4 is 66.7 Å². The molecule has 0 saturated carbocycles. The molecule has 0 aliphatic carbocycles. The summed E-state index contributed by atoms with van der Waals surface area (Å²) in [4.78, 5) is 68.7. The summed E-state index contributed by atoms with van der Waals surface area (Å²) in [5, 5.41) is 8.16. The maximum Gasteiger partial charge on any atom is 0.261 e. The highest BCUT2D eigenvalue weighted by Crippen LogP contribution is 2.50. The molecule has 8 nitrogen and oxygen atoms in total. The number of carbonyl (C=O) groups is 4. The van der Waals surface area contributed by atoms with Crippen LogP contribution in [0.1, 0.15) is 469 Å². The van der Waals surface area contributed by atoms with Gasteiger partial charge in [0.15, 0.2) is 0 Å². The first-order valence-corrected chi connectivity index (χ1v) is 47.6. The summed E-state index contributed by atoms with van der Waals surface area (Å²) in [6, 6.07) is 13.1. The lowest BCUT2D eigenvalue weighted by molar-refractivity contribution is -0.929. The molecule has 0 unspecified atom stereocenters. The monoisotopic (exact) mass is 1490 g/mol. The van der Waals surface area contributed by atoms with Gasteiger partial charge in [0.25, 0.3) is 23.6 Å². The fourth-order valence-electron chi connectivity index (χ4n) is 19.8. The van der Waals surface area contributed by atoms with Crippen molar-refractivity contribution in [2.75, 3.05) is 52.4 Å². The maximum atomic E-state index is 16.4. The molecule has 2 heterocycles. The van der Waals surface area contributed by atoms with Gasteiger partial charge in [-0.3, -0.25) is 29.0 Å². The fraction of sp³-hybridized carbons (Fsp3) is 0.760. The second-order valence-corrected chi connectivity index (χ2v) is 35.3. The number of imide groups is 2. The van der Waals surface area contributed by atoms with E-state index < -0.39 is 0 Å². The molecule has 0 atom stereocenters. The summed E-state index contributed by atoms with van der Waals surface area (Å²) in [5.74, 6) is -0.431. The van der Waals surface area contributed by atoms with E-state index in [1.165, 1.54) is 307 Å². The van der Waals surface area contributed by atoms with Crippen LogP contribution in [-0.2, 0) is 12.8 Å². The van der Waals surface area contributed by atoms with Gasteiger partial charge in [-0.05, 0) is 145 Å². The number of hydrogen-bond donors (Lipinski definition) is 0. The molecular formula is C100H166N4O4+2. The highest BCUT2D eigenvalue weighted by Gasteiger charge is 2.42. The molecule has 2 aliphatic heterocycles. The molecule has 608 valence electrons. The topological polar surface area (TPSA) is 74.8 Å². The first-order valence-electron chi connectivity index (χ1n) is 47.6. The quantitative estimate of drug-likeness (QED) is 0.0128. The van der Waals surface area contributed by atoms with Crippen molar-refractivity contribution < 1.29 is 28.1 Å². The van der Waals surface area contributed by atoms with Crippen LogP contribution in [0.4, 0.5) is 0 Å². The van der Waals surface area contributed by atoms with E-state index in [9.17, 15) is 0 Å². The first-order chi connectivity index (χ1) is 52.9. The number of rotatable bonds is 68. The summed E-state index contributed by atoms with van der Waals surface area (Å²) in [6.45, 7) is 32.6. The molecule has 0 N–H and O–H groups in total. The van der Waals surface area contributed by atoms with E-state index in [1.807, 2.05) is 0 Å². The van der Waals surface area contributed by atoms with E-state index in [1.54, 1.807) is 9.80 Å². The van der Waals surface area contributed by atoms with Crippen LogP contribution in [-0.4, -0.2) is 107 Å². The average Bonchev–Trinajstić information content (AvgIpc) is 0.681. The van der Waals surface area contributed by atoms with Crippen LogP contribution in [0.2, 0.25) is 0 Å². The minimum Gasteiger partial charge on any atom is -0.324 e. The average molecular weight is 1490 g/mol. The number of nitrogens with zero attached hydrogens (tertiary/aromatic N) is 4. The maximum absolute atomic E-state index is 16.4. The Kier molecular flexibility index (Phi) is 43.2. The van der Waals surface area contributed by atoms with Crippen molar-refractivity contribution in [3.05, 3.63) is 69.8 Å². The number of fused-ring (bicyclic) bond motifs is 2. The molecule has 0 bridgehead atoms. The second-order valence-electron chi connectivity index (χ2n) is 35.3. The second kappa shape index (κ2) is 51.4. The first kappa shape index (κ1) is 90.8. The van der Waals surface area contributed by atoms with E-state index in [2.05, 4.69) is 106 Å². The van der Waals surface area contributed by atoms with Gasteiger partial charge in [0.05, 0.1) is 52.4 Å². The van der Waals surface area contributed by atoms with Crippen molar-refractivity contribution in [2.24, 2.45) is 0 Å². The Morgan fingerprint density at radius 1 is 0.231 bits per heavy atom. The minimum atomic E-state index is -0.156. The summed E-state index contributed by atoms with van der Waals surface area (Å²) in [6.07, 6.45) is 66.1. The normalized spacial score (nSPS) is 13.6. The van der Waals surface area contributed by atoms with Gasteiger partial charge in [0, 0.05) is 58.0 Å². The number of carbonyl (C=O) groups excluding carboxylic acids is 4. The standard InChI is InChI=1S/C100H166N4O4/c1-11-21-31-35-39-43-47-51-55-63-83(64-56-52-48-44-40-36-32-22-12-2)101-97(105)87-69-67-85-92-82(62-60-78-104(74-28-18-8,75-29-19-9)76-30-20-10)80-90-94-88(98(106)102(100(90)108)84(65-57-53-49-45-41-37-33-23-13-3)66-58-54-50-46-42-38-34-24-14-4)70-68-86(96(92)94)91-81(79-89(99(101)107)93(87)95(85)91)61-59-77-103(71-25-15-5,72-26-16-6)73-27-17-7/h67-70,79-80,83-84H,11-66,71-78H2,1-10H3/q+2. The lowest BCUT2D eigenvalue weighted by atomic mass is 9.78. The molecule has 0 aromatic heterocycles. The van der Waals surface area contributed by atoms with Crippen molar-refractivity contribution in [3.63, 3.8) is 0 Å². The number of aryl methyl sites for hydroxylation is 2. The van der Waals surface area contributed by atoms with Crippen molar-refractivity contribution in [2.45, 2.75) is 441 Å². The Balaban J connectivity index is 1.43. The lowest BCUT2D eigenvalue weighted by Gasteiger charge is -2.39. The number of unbranched alkanes of at least 4 members (excludes halogenated alkanes) is 38. The van der Waals surface area contributed by atoms with Crippen molar-refractivity contribution in [1.82, 2.24) is 9.80 Å². The van der Waals surface area contributed by atoms with E-state index in [4.69, 9.17) is 0 Å². The zero-order chi connectivity index (χ0) is 77.2. The fourth-order valence-corrected chi connectivity index (χ4v) is 19.8. The van der Waals surface area contributed by atoms with Crippen LogP contribution in [0, 0.1) is 0 Å². The van der Waals surface area contributed by atoms with Gasteiger partial charge in [-0.2, -0.15) is 0 Å². The summed E-state index contributed by atoms with van der Waals surface area (Å²) >= 11 is 0. The van der Waals surface area contributed by atoms with Crippen LogP contribution in [0.25, 0.3) is 43.1 Å². The van der Waals surface area contributed by atoms with Crippen LogP contribution in [0.3, 0.4) is 0 Å². The third-order valence-corrected chi connectivity index (χ3v) is 26.4. The molecule has 4 amide bonds. The van der Waals surface area contributed by atoms with Crippen LogP contribution in [0.15, 0.2) is 36.4 Å². The molecule has 108 heavy (non-hydrogen) atoms. The number of amides is 4. The van der Waals surface area contributed by atoms with Gasteiger partial charge in [-0.25, -0.2) is 0 Å². The SMILES string of the molecule is CCCCCCCCCCCC(CCCCCCCCCCC)N1C(=O)c2ccc3c4c(CCC[N+](CCCC)(CCCC)CCCC)cc5c6c(ccc(c7c(CCC[N+](CCCC)(CCCC)CCCC)cc(c2c37)C1=O)c64)C(=O)N(C(CCCCCCCCCCC)CCCCCCCCCCC)C5=O. The number of hydrogen-bond acceptors (Lipinski definition) is 4. The highest BCUT2D eigenvalue weighted by molar-refractivity contribution is 6.42. The largest absolute Gasteiger partial charge is 0.324 e. The molecule has 8 heteroatoms. The zero-order valence-corrected chi connectivity index (χ0v) is 72.3. The van der Waals surface area contributed by atoms with Crippen LogP contribution < -0.4 is 0 Å². The smallest absolute Gasteiger partial charge is 0.261 e. The van der Waals surface area contributed by atoms with E-state index in [0.717, 1.165) is 168 Å². The number of quaternary nitrogens is 2. The summed E-state index contributed by atoms with van der Waals surface area (Å²) in [5.41, 5.74) is 5.12. The molecular weight excluding hydrogens is 1320 g/mol. The molecule has 7 rings (SSSR count). The third kappa shape index (κ3) is 26.3. The van der Waals surface area contributed by atoms with Gasteiger partial charge >= 0.3 is 0 Å². The Morgan fingerprint density at radius 2 is 0.444 bits per heavy atom. The highest BCUT2D eigenvalue weighted by atomic mass is 16.2. The molecule has 0 spiro atoms. The number of benzene rings is 5. The molecule has 5 aromatic carbocycles. The Morgan fingerprint density at radius 3 is 0.685 bits per heavy atom. The summed E-state index contributed by atoms with van der Waals surface area (Å²) in [7, 11) is 0. The predicted molar refractivity (Wildman–Crippen MR) is 469 cm³/mol. The minimum absolute atomic E-state index is 0.0967. The zero-order valence-electron chi connectivity index (χ0n) is 72.3. The van der Waals surface area contributed by atoms with Crippen LogP contribution >= 0.6 is 0 Å². The molecule has 5 aromatic rings. The third-order valence-electron chi connectivity index (χ3n) is 26.4. The molecule has 2 aliphatic rings. The Labute approximate surface area is 663 Å². The van der Waals surface area contributed by atoms with Gasteiger partial charge in [-0.1, -0.05) is 351 Å². The van der Waals surface area contributed by atoms with Gasteiger partial charge in [-0.15, -0.1) is 0 Å². The van der Waals surface area contributed by atoms with Gasteiger partial charge < -0.3 is 8.97 Å². The van der Waals surface area contributed by atoms with Gasteiger partial charge in [0.1, 0.15) is 0 Å². The van der Waals surface area contributed by atoms with Crippen LogP contribution in [0.5, 0.6) is 0 Å². The molecule has 0 saturated heterocycles. The van der Waals surface area contributed by atoms with Crippen molar-refractivity contribution in [1.29, 1.82) is 0 Å². The van der Waals surface area contributed by atoms with Gasteiger partial charge in [0.2, 0.25) is 0 Å². The Hall–Kier alpha value is -4.40. The molecule has 0 radical (unpaired) electrons. The Bertz CT molecular complexity index is 3050. The lowest BCUT2D eigenvalue weighted by Crippen LogP contribution is -2.51. The molecule has 0 fully saturated rings. The van der Waals surface area contributed by atoms with E-state index in [0.29, 0.717) is 22.3 Å². The van der Waals surface area contributed by atoms with E-state index >= 15 is 19.2 Å². The summed E-state index contributed by atoms with van der Waals surface area (Å²) < 4.78 is 2.29. The van der Waals surface area contributed by atoms with Crippen molar-refractivity contribution in [3.8, 4) is 0 Å². The predicted octanol–water partition coefficient (Wildman–Crippen LogP) is 29.6. The van der Waals surface area contributed by atoms with E-state index in [-0.39, 0.29) is 35.7 Å².